The molecule has 1 N–H and O–H groups in total. The summed E-state index contributed by atoms with van der Waals surface area (Å²) in [5.74, 6) is 0.0463. The van der Waals surface area contributed by atoms with Crippen LogP contribution in [0.5, 0.6) is 5.75 Å². The molecule has 0 aliphatic rings. The first-order valence-corrected chi connectivity index (χ1v) is 6.02. The van der Waals surface area contributed by atoms with E-state index in [0.717, 1.165) is 0 Å². The van der Waals surface area contributed by atoms with Crippen LogP contribution >= 0.6 is 0 Å². The minimum Gasteiger partial charge on any atom is -0.492 e. The largest absolute Gasteiger partial charge is 0.492 e. The minimum atomic E-state index is -0.524. The molecule has 4 nitrogen and oxygen atoms in total. The fourth-order valence-electron chi connectivity index (χ4n) is 1.31. The zero-order valence-corrected chi connectivity index (χ0v) is 10.9. The Morgan fingerprint density at radius 1 is 1.47 bits per heavy atom. The predicted octanol–water partition coefficient (Wildman–Crippen LogP) is 1.91. The van der Waals surface area contributed by atoms with Gasteiger partial charge in [0.1, 0.15) is 24.3 Å². The SMILES string of the molecule is C=CCOC(C)C(=O)NCCOc1ccc(F)cc1. The second-order valence-corrected chi connectivity index (χ2v) is 3.86. The highest BCUT2D eigenvalue weighted by Gasteiger charge is 2.11. The average molecular weight is 267 g/mol. The number of halogens is 1. The van der Waals surface area contributed by atoms with Gasteiger partial charge in [-0.15, -0.1) is 6.58 Å². The number of hydrogen-bond acceptors (Lipinski definition) is 3. The number of ether oxygens (including phenoxy) is 2. The summed E-state index contributed by atoms with van der Waals surface area (Å²) in [4.78, 5) is 11.5. The molecule has 0 fully saturated rings. The van der Waals surface area contributed by atoms with Crippen molar-refractivity contribution >= 4 is 5.91 Å². The molecule has 19 heavy (non-hydrogen) atoms. The van der Waals surface area contributed by atoms with E-state index >= 15 is 0 Å². The summed E-state index contributed by atoms with van der Waals surface area (Å²) in [5.41, 5.74) is 0. The lowest BCUT2D eigenvalue weighted by atomic mass is 10.3. The maximum absolute atomic E-state index is 12.6. The maximum Gasteiger partial charge on any atom is 0.248 e. The van der Waals surface area contributed by atoms with Crippen LogP contribution in [0, 0.1) is 5.82 Å². The second kappa shape index (κ2) is 8.26. The maximum atomic E-state index is 12.6. The van der Waals surface area contributed by atoms with E-state index in [1.807, 2.05) is 0 Å². The van der Waals surface area contributed by atoms with Crippen molar-refractivity contribution in [3.63, 3.8) is 0 Å². The van der Waals surface area contributed by atoms with Gasteiger partial charge in [-0.2, -0.15) is 0 Å². The van der Waals surface area contributed by atoms with Crippen molar-refractivity contribution in [1.29, 1.82) is 0 Å². The Kier molecular flexibility index (Phi) is 6.60. The molecule has 5 heteroatoms. The Bertz CT molecular complexity index is 406. The molecule has 1 unspecified atom stereocenters. The number of amides is 1. The molecule has 0 aliphatic heterocycles. The number of hydrogen-bond donors (Lipinski definition) is 1. The van der Waals surface area contributed by atoms with Crippen LogP contribution in [-0.2, 0) is 9.53 Å². The highest BCUT2D eigenvalue weighted by molar-refractivity contribution is 5.80. The Labute approximate surface area is 112 Å². The summed E-state index contributed by atoms with van der Waals surface area (Å²) >= 11 is 0. The number of benzene rings is 1. The van der Waals surface area contributed by atoms with E-state index < -0.39 is 6.10 Å². The molecule has 1 amide bonds. The fraction of sp³-hybridized carbons (Fsp3) is 0.357. The zero-order chi connectivity index (χ0) is 14.1. The van der Waals surface area contributed by atoms with E-state index in [0.29, 0.717) is 25.5 Å². The van der Waals surface area contributed by atoms with Gasteiger partial charge in [0.15, 0.2) is 0 Å². The quantitative estimate of drug-likeness (QED) is 0.578. The Morgan fingerprint density at radius 2 is 2.16 bits per heavy atom. The summed E-state index contributed by atoms with van der Waals surface area (Å²) in [6, 6.07) is 5.71. The van der Waals surface area contributed by atoms with Gasteiger partial charge in [0.2, 0.25) is 5.91 Å². The molecule has 1 aromatic carbocycles. The smallest absolute Gasteiger partial charge is 0.248 e. The number of nitrogens with one attached hydrogen (secondary N) is 1. The predicted molar refractivity (Wildman–Crippen MR) is 70.5 cm³/mol. The van der Waals surface area contributed by atoms with Crippen LogP contribution in [0.3, 0.4) is 0 Å². The topological polar surface area (TPSA) is 47.6 Å². The Hall–Kier alpha value is -1.88. The van der Waals surface area contributed by atoms with Crippen molar-refractivity contribution in [2.75, 3.05) is 19.8 Å². The zero-order valence-electron chi connectivity index (χ0n) is 10.9. The van der Waals surface area contributed by atoms with E-state index in [-0.39, 0.29) is 11.7 Å². The van der Waals surface area contributed by atoms with Crippen molar-refractivity contribution in [1.82, 2.24) is 5.32 Å². The highest BCUT2D eigenvalue weighted by Crippen LogP contribution is 2.10. The highest BCUT2D eigenvalue weighted by atomic mass is 19.1. The molecule has 0 saturated heterocycles. The number of carbonyl (C=O) groups excluding carboxylic acids is 1. The van der Waals surface area contributed by atoms with Gasteiger partial charge in [-0.1, -0.05) is 6.08 Å². The van der Waals surface area contributed by atoms with E-state index in [1.165, 1.54) is 24.3 Å². The van der Waals surface area contributed by atoms with E-state index in [9.17, 15) is 9.18 Å². The van der Waals surface area contributed by atoms with Crippen LogP contribution in [0.4, 0.5) is 4.39 Å². The molecule has 1 atom stereocenters. The number of rotatable bonds is 8. The van der Waals surface area contributed by atoms with E-state index in [4.69, 9.17) is 9.47 Å². The van der Waals surface area contributed by atoms with E-state index in [2.05, 4.69) is 11.9 Å². The Balaban J connectivity index is 2.18. The third-order valence-corrected chi connectivity index (χ3v) is 2.32. The Morgan fingerprint density at radius 3 is 2.79 bits per heavy atom. The molecule has 0 radical (unpaired) electrons. The third kappa shape index (κ3) is 6.01. The molecule has 0 spiro atoms. The summed E-state index contributed by atoms with van der Waals surface area (Å²) in [6.07, 6.45) is 1.06. The fourth-order valence-corrected chi connectivity index (χ4v) is 1.31. The van der Waals surface area contributed by atoms with Crippen molar-refractivity contribution in [3.05, 3.63) is 42.7 Å². The van der Waals surface area contributed by atoms with Crippen molar-refractivity contribution in [2.24, 2.45) is 0 Å². The van der Waals surface area contributed by atoms with Crippen molar-refractivity contribution in [2.45, 2.75) is 13.0 Å². The molecular formula is C14H18FNO3. The summed E-state index contributed by atoms with van der Waals surface area (Å²) in [6.45, 7) is 6.17. The molecule has 1 aromatic rings. The molecule has 104 valence electrons. The first-order valence-electron chi connectivity index (χ1n) is 6.02. The lowest BCUT2D eigenvalue weighted by Crippen LogP contribution is -2.36. The first kappa shape index (κ1) is 15.2. The van der Waals surface area contributed by atoms with Crippen LogP contribution in [0.2, 0.25) is 0 Å². The van der Waals surface area contributed by atoms with Crippen LogP contribution < -0.4 is 10.1 Å². The summed E-state index contributed by atoms with van der Waals surface area (Å²) < 4.78 is 23.1. The standard InChI is InChI=1S/C14H18FNO3/c1-3-9-18-11(2)14(17)16-8-10-19-13-6-4-12(15)5-7-13/h3-7,11H,1,8-10H2,2H3,(H,16,17). The van der Waals surface area contributed by atoms with Gasteiger partial charge < -0.3 is 14.8 Å². The average Bonchev–Trinajstić information content (AvgIpc) is 2.42. The monoisotopic (exact) mass is 267 g/mol. The first-order chi connectivity index (χ1) is 9.13. The van der Waals surface area contributed by atoms with Crippen LogP contribution in [0.1, 0.15) is 6.92 Å². The normalized spacial score (nSPS) is 11.7. The van der Waals surface area contributed by atoms with Gasteiger partial charge in [0, 0.05) is 0 Å². The van der Waals surface area contributed by atoms with Crippen molar-refractivity contribution < 1.29 is 18.7 Å². The molecule has 1 rings (SSSR count). The van der Waals surface area contributed by atoms with Gasteiger partial charge in [-0.25, -0.2) is 4.39 Å². The summed E-state index contributed by atoms with van der Waals surface area (Å²) in [7, 11) is 0. The van der Waals surface area contributed by atoms with E-state index in [1.54, 1.807) is 13.0 Å². The van der Waals surface area contributed by atoms with Crippen LogP contribution in [0.15, 0.2) is 36.9 Å². The molecule has 0 saturated carbocycles. The molecule has 0 aliphatic carbocycles. The van der Waals surface area contributed by atoms with Gasteiger partial charge >= 0.3 is 0 Å². The third-order valence-electron chi connectivity index (χ3n) is 2.32. The molecular weight excluding hydrogens is 249 g/mol. The molecule has 0 bridgehead atoms. The van der Waals surface area contributed by atoms with Gasteiger partial charge in [0.25, 0.3) is 0 Å². The lowest BCUT2D eigenvalue weighted by molar-refractivity contribution is -0.131. The van der Waals surface area contributed by atoms with Crippen molar-refractivity contribution in [3.8, 4) is 5.75 Å². The summed E-state index contributed by atoms with van der Waals surface area (Å²) in [5, 5.41) is 2.68. The van der Waals surface area contributed by atoms with Gasteiger partial charge in [-0.3, -0.25) is 4.79 Å². The number of carbonyl (C=O) groups is 1. The minimum absolute atomic E-state index is 0.204. The van der Waals surface area contributed by atoms with Gasteiger partial charge in [-0.05, 0) is 31.2 Å². The second-order valence-electron chi connectivity index (χ2n) is 3.86. The lowest BCUT2D eigenvalue weighted by Gasteiger charge is -2.12. The van der Waals surface area contributed by atoms with Crippen LogP contribution in [0.25, 0.3) is 0 Å². The van der Waals surface area contributed by atoms with Gasteiger partial charge in [0.05, 0.1) is 13.2 Å². The molecule has 0 aromatic heterocycles. The van der Waals surface area contributed by atoms with Crippen LogP contribution in [-0.4, -0.2) is 31.8 Å². The molecule has 0 heterocycles.